The molecule has 6 heteroatoms. The Balaban J connectivity index is 2.11. The molecule has 0 unspecified atom stereocenters. The first kappa shape index (κ1) is 15.5. The molecule has 2 nitrogen and oxygen atoms in total. The standard InChI is InChI=1S/C13H11BrClIN2S/c1-2-10-12(16)13(15)18-11(17-10)7-19-9-5-3-8(14)4-6-9/h3-6H,2,7H2,1H3. The third-order valence-electron chi connectivity index (χ3n) is 2.44. The third-order valence-corrected chi connectivity index (χ3v) is 5.70. The van der Waals surface area contributed by atoms with Gasteiger partial charge in [0.2, 0.25) is 0 Å². The zero-order valence-electron chi connectivity index (χ0n) is 10.2. The summed E-state index contributed by atoms with van der Waals surface area (Å²) in [7, 11) is 0. The van der Waals surface area contributed by atoms with Crippen LogP contribution in [0.3, 0.4) is 0 Å². The first-order chi connectivity index (χ1) is 9.10. The Morgan fingerprint density at radius 3 is 2.58 bits per heavy atom. The van der Waals surface area contributed by atoms with Crippen molar-refractivity contribution >= 4 is 61.9 Å². The van der Waals surface area contributed by atoms with Crippen LogP contribution in [0.15, 0.2) is 33.6 Å². The van der Waals surface area contributed by atoms with E-state index in [0.29, 0.717) is 5.15 Å². The van der Waals surface area contributed by atoms with Crippen molar-refractivity contribution in [3.8, 4) is 0 Å². The van der Waals surface area contributed by atoms with Gasteiger partial charge in [0.1, 0.15) is 11.0 Å². The zero-order chi connectivity index (χ0) is 13.8. The number of rotatable bonds is 4. The van der Waals surface area contributed by atoms with E-state index in [1.807, 2.05) is 12.1 Å². The van der Waals surface area contributed by atoms with E-state index in [2.05, 4.69) is 67.5 Å². The van der Waals surface area contributed by atoms with E-state index in [4.69, 9.17) is 11.6 Å². The average Bonchev–Trinajstić information content (AvgIpc) is 2.41. The Morgan fingerprint density at radius 2 is 1.95 bits per heavy atom. The molecule has 2 aromatic rings. The van der Waals surface area contributed by atoms with E-state index in [-0.39, 0.29) is 0 Å². The van der Waals surface area contributed by atoms with Gasteiger partial charge in [0.05, 0.1) is 15.0 Å². The van der Waals surface area contributed by atoms with Gasteiger partial charge in [-0.05, 0) is 53.3 Å². The molecule has 100 valence electrons. The van der Waals surface area contributed by atoms with Gasteiger partial charge in [-0.1, -0.05) is 34.5 Å². The van der Waals surface area contributed by atoms with Gasteiger partial charge in [-0.25, -0.2) is 9.97 Å². The van der Waals surface area contributed by atoms with Crippen LogP contribution in [-0.2, 0) is 12.2 Å². The van der Waals surface area contributed by atoms with Crippen LogP contribution in [0.2, 0.25) is 5.15 Å². The first-order valence-corrected chi connectivity index (χ1v) is 8.93. The highest BCUT2D eigenvalue weighted by Gasteiger charge is 2.09. The molecule has 19 heavy (non-hydrogen) atoms. The van der Waals surface area contributed by atoms with Crippen LogP contribution in [-0.4, -0.2) is 9.97 Å². The van der Waals surface area contributed by atoms with Gasteiger partial charge >= 0.3 is 0 Å². The highest BCUT2D eigenvalue weighted by Crippen LogP contribution is 2.25. The summed E-state index contributed by atoms with van der Waals surface area (Å²) in [5, 5.41) is 0.554. The summed E-state index contributed by atoms with van der Waals surface area (Å²) in [6.07, 6.45) is 0.871. The number of nitrogens with zero attached hydrogens (tertiary/aromatic N) is 2. The molecule has 0 saturated carbocycles. The Kier molecular flexibility index (Phi) is 5.92. The quantitative estimate of drug-likeness (QED) is 0.343. The maximum Gasteiger partial charge on any atom is 0.146 e. The summed E-state index contributed by atoms with van der Waals surface area (Å²) >= 11 is 13.5. The third kappa shape index (κ3) is 4.31. The molecule has 1 heterocycles. The zero-order valence-corrected chi connectivity index (χ0v) is 15.5. The summed E-state index contributed by atoms with van der Waals surface area (Å²) in [5.41, 5.74) is 1.02. The van der Waals surface area contributed by atoms with Crippen molar-refractivity contribution in [1.29, 1.82) is 0 Å². The maximum atomic E-state index is 6.13. The molecule has 0 aliphatic rings. The van der Waals surface area contributed by atoms with E-state index >= 15 is 0 Å². The summed E-state index contributed by atoms with van der Waals surface area (Å²) < 4.78 is 2.04. The fourth-order valence-electron chi connectivity index (χ4n) is 1.49. The number of hydrogen-bond acceptors (Lipinski definition) is 3. The lowest BCUT2D eigenvalue weighted by Gasteiger charge is -2.06. The van der Waals surface area contributed by atoms with Crippen LogP contribution in [0.25, 0.3) is 0 Å². The molecular weight excluding hydrogens is 458 g/mol. The molecule has 1 aromatic heterocycles. The molecule has 2 rings (SSSR count). The normalized spacial score (nSPS) is 10.7. The summed E-state index contributed by atoms with van der Waals surface area (Å²) in [5.74, 6) is 1.51. The predicted molar refractivity (Wildman–Crippen MR) is 92.8 cm³/mol. The monoisotopic (exact) mass is 468 g/mol. The van der Waals surface area contributed by atoms with Gasteiger partial charge in [-0.15, -0.1) is 11.8 Å². The van der Waals surface area contributed by atoms with Crippen LogP contribution in [0.5, 0.6) is 0 Å². The van der Waals surface area contributed by atoms with E-state index in [9.17, 15) is 0 Å². The van der Waals surface area contributed by atoms with Crippen LogP contribution < -0.4 is 0 Å². The molecule has 0 aliphatic heterocycles. The Bertz CT molecular complexity index is 578. The lowest BCUT2D eigenvalue weighted by Crippen LogP contribution is -2.01. The molecule has 0 radical (unpaired) electrons. The van der Waals surface area contributed by atoms with Gasteiger partial charge in [-0.2, -0.15) is 0 Å². The van der Waals surface area contributed by atoms with Crippen LogP contribution in [0.1, 0.15) is 18.4 Å². The van der Waals surface area contributed by atoms with Gasteiger partial charge < -0.3 is 0 Å². The molecular formula is C13H11BrClIN2S. The second-order valence-electron chi connectivity index (χ2n) is 3.79. The van der Waals surface area contributed by atoms with Crippen molar-refractivity contribution in [2.24, 2.45) is 0 Å². The van der Waals surface area contributed by atoms with Crippen molar-refractivity contribution in [2.45, 2.75) is 24.0 Å². The SMILES string of the molecule is CCc1nc(CSc2ccc(Br)cc2)nc(Cl)c1I. The smallest absolute Gasteiger partial charge is 0.146 e. The number of thioether (sulfide) groups is 1. The summed E-state index contributed by atoms with van der Waals surface area (Å²) in [4.78, 5) is 10.1. The first-order valence-electron chi connectivity index (χ1n) is 5.69. The molecule has 0 saturated heterocycles. The lowest BCUT2D eigenvalue weighted by atomic mass is 10.3. The second-order valence-corrected chi connectivity index (χ2v) is 7.19. The van der Waals surface area contributed by atoms with Crippen molar-refractivity contribution in [1.82, 2.24) is 9.97 Å². The minimum Gasteiger partial charge on any atom is -0.236 e. The molecule has 0 atom stereocenters. The van der Waals surface area contributed by atoms with Crippen molar-refractivity contribution in [2.75, 3.05) is 0 Å². The molecule has 0 fully saturated rings. The van der Waals surface area contributed by atoms with Crippen LogP contribution in [0.4, 0.5) is 0 Å². The Morgan fingerprint density at radius 1 is 1.26 bits per heavy atom. The molecule has 0 amide bonds. The lowest BCUT2D eigenvalue weighted by molar-refractivity contribution is 0.927. The minimum atomic E-state index is 0.554. The number of aryl methyl sites for hydroxylation is 1. The molecule has 0 N–H and O–H groups in total. The van der Waals surface area contributed by atoms with Gasteiger partial charge in [0.15, 0.2) is 0 Å². The summed E-state index contributed by atoms with van der Waals surface area (Å²) in [6.45, 7) is 2.08. The van der Waals surface area contributed by atoms with Gasteiger partial charge in [0, 0.05) is 9.37 Å². The predicted octanol–water partition coefficient (Wildman–Crippen LogP) is 5.35. The fraction of sp³-hybridized carbons (Fsp3) is 0.231. The minimum absolute atomic E-state index is 0.554. The Hall–Kier alpha value is 0.150. The molecule has 0 aliphatic carbocycles. The van der Waals surface area contributed by atoms with Gasteiger partial charge in [-0.3, -0.25) is 0 Å². The largest absolute Gasteiger partial charge is 0.236 e. The second kappa shape index (κ2) is 7.24. The number of benzene rings is 1. The van der Waals surface area contributed by atoms with Gasteiger partial charge in [0.25, 0.3) is 0 Å². The Labute approximate surface area is 144 Å². The van der Waals surface area contributed by atoms with E-state index in [1.165, 1.54) is 4.90 Å². The topological polar surface area (TPSA) is 25.8 Å². The van der Waals surface area contributed by atoms with Crippen LogP contribution >= 0.6 is 61.9 Å². The van der Waals surface area contributed by atoms with Crippen molar-refractivity contribution in [3.63, 3.8) is 0 Å². The van der Waals surface area contributed by atoms with Crippen LogP contribution in [0, 0.1) is 3.57 Å². The highest BCUT2D eigenvalue weighted by molar-refractivity contribution is 14.1. The fourth-order valence-corrected chi connectivity index (χ4v) is 3.34. The number of aromatic nitrogens is 2. The highest BCUT2D eigenvalue weighted by atomic mass is 127. The molecule has 0 bridgehead atoms. The average molecular weight is 470 g/mol. The van der Waals surface area contributed by atoms with Crippen molar-refractivity contribution < 1.29 is 0 Å². The van der Waals surface area contributed by atoms with E-state index in [1.54, 1.807) is 11.8 Å². The number of halogens is 3. The number of hydrogen-bond donors (Lipinski definition) is 0. The van der Waals surface area contributed by atoms with E-state index < -0.39 is 0 Å². The van der Waals surface area contributed by atoms with E-state index in [0.717, 1.165) is 31.7 Å². The molecule has 1 aromatic carbocycles. The summed E-state index contributed by atoms with van der Waals surface area (Å²) in [6, 6.07) is 8.21. The maximum absolute atomic E-state index is 6.13. The van der Waals surface area contributed by atoms with Crippen molar-refractivity contribution in [3.05, 3.63) is 49.0 Å². The molecule has 0 spiro atoms.